The number of nitrogens with zero attached hydrogens (tertiary/aromatic N) is 2. The van der Waals surface area contributed by atoms with Gasteiger partial charge in [-0.2, -0.15) is 0 Å². The predicted molar refractivity (Wildman–Crippen MR) is 141 cm³/mol. The number of pyridine rings is 1. The van der Waals surface area contributed by atoms with Crippen molar-refractivity contribution in [3.63, 3.8) is 0 Å². The molecule has 39 heavy (non-hydrogen) atoms. The van der Waals surface area contributed by atoms with Crippen LogP contribution in [0.5, 0.6) is 0 Å². The second-order valence-corrected chi connectivity index (χ2v) is 10.4. The Bertz CT molecular complexity index is 1320. The van der Waals surface area contributed by atoms with Gasteiger partial charge in [0.1, 0.15) is 5.82 Å². The molecule has 2 fully saturated rings. The molecule has 2 aliphatic rings. The number of anilines is 1. The van der Waals surface area contributed by atoms with E-state index in [-0.39, 0.29) is 11.8 Å². The van der Waals surface area contributed by atoms with E-state index in [9.17, 15) is 22.8 Å². The zero-order chi connectivity index (χ0) is 27.4. The van der Waals surface area contributed by atoms with Gasteiger partial charge in [0.05, 0.1) is 17.7 Å². The summed E-state index contributed by atoms with van der Waals surface area (Å²) in [5.74, 6) is -4.14. The molecule has 0 atom stereocenters. The lowest BCUT2D eigenvalue weighted by Gasteiger charge is -2.43. The van der Waals surface area contributed by atoms with Crippen molar-refractivity contribution in [2.45, 2.75) is 50.6 Å². The Morgan fingerprint density at radius 2 is 1.67 bits per heavy atom. The molecule has 2 N–H and O–H groups in total. The average Bonchev–Trinajstić information content (AvgIpc) is 2.92. The molecule has 2 amide bonds. The van der Waals surface area contributed by atoms with Crippen LogP contribution in [0.3, 0.4) is 0 Å². The van der Waals surface area contributed by atoms with E-state index in [0.717, 1.165) is 56.2 Å². The lowest BCUT2D eigenvalue weighted by atomic mass is 9.71. The van der Waals surface area contributed by atoms with Gasteiger partial charge in [0.15, 0.2) is 11.6 Å². The summed E-state index contributed by atoms with van der Waals surface area (Å²) in [6, 6.07) is 14.7. The molecule has 1 aromatic heterocycles. The van der Waals surface area contributed by atoms with Gasteiger partial charge in [-0.1, -0.05) is 18.2 Å². The van der Waals surface area contributed by atoms with E-state index >= 15 is 0 Å². The topological polar surface area (TPSA) is 74.3 Å². The van der Waals surface area contributed by atoms with Crippen molar-refractivity contribution in [2.24, 2.45) is 5.92 Å². The molecular weight excluding hydrogens is 505 g/mol. The Morgan fingerprint density at radius 1 is 0.949 bits per heavy atom. The molecule has 6 nitrogen and oxygen atoms in total. The largest absolute Gasteiger partial charge is 0.346 e. The molecule has 204 valence electrons. The number of aromatic nitrogens is 1. The molecule has 0 unspecified atom stereocenters. The van der Waals surface area contributed by atoms with Gasteiger partial charge in [0, 0.05) is 29.9 Å². The van der Waals surface area contributed by atoms with Gasteiger partial charge in [-0.25, -0.2) is 13.2 Å². The molecule has 0 spiro atoms. The Kier molecular flexibility index (Phi) is 7.97. The van der Waals surface area contributed by atoms with Crippen molar-refractivity contribution in [3.8, 4) is 0 Å². The first kappa shape index (κ1) is 26.9. The number of benzene rings is 2. The van der Waals surface area contributed by atoms with Crippen LogP contribution in [0.4, 0.5) is 18.9 Å². The molecule has 1 aliphatic heterocycles. The van der Waals surface area contributed by atoms with Gasteiger partial charge in [-0.15, -0.1) is 0 Å². The number of hydrogen-bond donors (Lipinski definition) is 2. The predicted octanol–water partition coefficient (Wildman–Crippen LogP) is 5.09. The van der Waals surface area contributed by atoms with Crippen molar-refractivity contribution >= 4 is 17.5 Å². The second-order valence-electron chi connectivity index (χ2n) is 10.4. The first-order valence-corrected chi connectivity index (χ1v) is 13.3. The molecule has 1 aliphatic carbocycles. The van der Waals surface area contributed by atoms with E-state index in [1.807, 2.05) is 42.5 Å². The first-order chi connectivity index (χ1) is 18.8. The average molecular weight is 537 g/mol. The summed E-state index contributed by atoms with van der Waals surface area (Å²) >= 11 is 0. The number of hydrogen-bond acceptors (Lipinski definition) is 4. The summed E-state index contributed by atoms with van der Waals surface area (Å²) < 4.78 is 41.6. The van der Waals surface area contributed by atoms with E-state index < -0.39 is 40.9 Å². The van der Waals surface area contributed by atoms with Crippen LogP contribution < -0.4 is 10.6 Å². The van der Waals surface area contributed by atoms with Gasteiger partial charge < -0.3 is 10.6 Å². The van der Waals surface area contributed by atoms with Crippen LogP contribution in [0.1, 0.15) is 48.9 Å². The maximum absolute atomic E-state index is 14.0. The third-order valence-electron chi connectivity index (χ3n) is 7.84. The van der Waals surface area contributed by atoms with Crippen LogP contribution in [-0.4, -0.2) is 34.8 Å². The molecule has 1 saturated carbocycles. The van der Waals surface area contributed by atoms with Crippen LogP contribution in [0.15, 0.2) is 60.8 Å². The molecule has 0 radical (unpaired) electrons. The molecule has 1 saturated heterocycles. The van der Waals surface area contributed by atoms with E-state index in [2.05, 4.69) is 20.5 Å². The van der Waals surface area contributed by atoms with Crippen LogP contribution in [0, 0.1) is 23.4 Å². The fourth-order valence-corrected chi connectivity index (χ4v) is 5.41. The third kappa shape index (κ3) is 6.14. The summed E-state index contributed by atoms with van der Waals surface area (Å²) in [7, 11) is 0. The molecule has 9 heteroatoms. The summed E-state index contributed by atoms with van der Waals surface area (Å²) in [6.45, 7) is 2.44. The molecule has 0 bridgehead atoms. The minimum absolute atomic E-state index is 0.00829. The Hall–Kier alpha value is -3.72. The quantitative estimate of drug-likeness (QED) is 0.394. The second kappa shape index (κ2) is 11.6. The molecule has 2 aromatic carbocycles. The summed E-state index contributed by atoms with van der Waals surface area (Å²) in [5.41, 5.74) is 1.31. The number of rotatable bonds is 8. The summed E-state index contributed by atoms with van der Waals surface area (Å²) in [4.78, 5) is 32.3. The fourth-order valence-electron chi connectivity index (χ4n) is 5.41. The molecule has 2 heterocycles. The van der Waals surface area contributed by atoms with Gasteiger partial charge in [0.2, 0.25) is 11.8 Å². The van der Waals surface area contributed by atoms with Crippen molar-refractivity contribution < 1.29 is 22.8 Å². The van der Waals surface area contributed by atoms with Gasteiger partial charge in [0.25, 0.3) is 0 Å². The number of carbonyl (C=O) groups is 2. The number of likely N-dealkylation sites (tertiary alicyclic amines) is 1. The molecule has 3 aromatic rings. The number of carbonyl (C=O) groups excluding carboxylic acids is 2. The van der Waals surface area contributed by atoms with Gasteiger partial charge in [-0.3, -0.25) is 19.5 Å². The maximum Gasteiger partial charge on any atom is 0.227 e. The highest BCUT2D eigenvalue weighted by atomic mass is 19.2. The minimum atomic E-state index is -1.34. The van der Waals surface area contributed by atoms with Crippen molar-refractivity contribution in [1.82, 2.24) is 15.2 Å². The van der Waals surface area contributed by atoms with Crippen LogP contribution in [-0.2, 0) is 28.1 Å². The number of halogens is 3. The van der Waals surface area contributed by atoms with Crippen molar-refractivity contribution in [2.75, 3.05) is 18.4 Å². The van der Waals surface area contributed by atoms with Crippen LogP contribution in [0.25, 0.3) is 0 Å². The summed E-state index contributed by atoms with van der Waals surface area (Å²) in [5, 5.41) is 5.92. The third-order valence-corrected chi connectivity index (χ3v) is 7.84. The highest BCUT2D eigenvalue weighted by Gasteiger charge is 2.40. The smallest absolute Gasteiger partial charge is 0.227 e. The standard InChI is InChI=1S/C30H31F3N4O2/c31-25-9-10-26(32)28(33)24(25)18-27(38)36-30(13-3-14-30)21-5-7-22(8-6-21)35-29(39)20-11-16-37(17-12-20)19-23-4-1-2-15-34-23/h1-2,4-10,15,20H,3,11-14,16-19H2,(H,35,39)(H,36,38). The highest BCUT2D eigenvalue weighted by molar-refractivity contribution is 5.92. The Labute approximate surface area is 225 Å². The van der Waals surface area contributed by atoms with E-state index in [4.69, 9.17) is 0 Å². The lowest BCUT2D eigenvalue weighted by molar-refractivity contribution is -0.124. The van der Waals surface area contributed by atoms with Gasteiger partial charge >= 0.3 is 0 Å². The maximum atomic E-state index is 14.0. The number of nitrogens with one attached hydrogen (secondary N) is 2. The summed E-state index contributed by atoms with van der Waals surface area (Å²) in [6.07, 6.45) is 4.99. The Morgan fingerprint density at radius 3 is 2.31 bits per heavy atom. The van der Waals surface area contributed by atoms with Crippen LogP contribution in [0.2, 0.25) is 0 Å². The number of amides is 2. The molecule has 5 rings (SSSR count). The zero-order valence-electron chi connectivity index (χ0n) is 21.6. The zero-order valence-corrected chi connectivity index (χ0v) is 21.6. The number of piperidine rings is 1. The monoisotopic (exact) mass is 536 g/mol. The first-order valence-electron chi connectivity index (χ1n) is 13.3. The Balaban J connectivity index is 1.15. The van der Waals surface area contributed by atoms with E-state index in [1.54, 1.807) is 6.20 Å². The van der Waals surface area contributed by atoms with E-state index in [0.29, 0.717) is 24.6 Å². The minimum Gasteiger partial charge on any atom is -0.346 e. The highest BCUT2D eigenvalue weighted by Crippen LogP contribution is 2.41. The van der Waals surface area contributed by atoms with Gasteiger partial charge in [-0.05, 0) is 87.2 Å². The lowest BCUT2D eigenvalue weighted by Crippen LogP contribution is -2.51. The van der Waals surface area contributed by atoms with Crippen molar-refractivity contribution in [3.05, 3.63) is 95.1 Å². The van der Waals surface area contributed by atoms with Crippen LogP contribution >= 0.6 is 0 Å². The fraction of sp³-hybridized carbons (Fsp3) is 0.367. The molecular formula is C30H31F3N4O2. The van der Waals surface area contributed by atoms with Crippen molar-refractivity contribution in [1.29, 1.82) is 0 Å². The van der Waals surface area contributed by atoms with E-state index in [1.165, 1.54) is 0 Å². The SMILES string of the molecule is O=C(Cc1c(F)ccc(F)c1F)NC1(c2ccc(NC(=O)C3CCN(Cc4ccccn4)CC3)cc2)CCC1. The normalized spacial score (nSPS) is 17.3.